The van der Waals surface area contributed by atoms with Crippen LogP contribution >= 0.6 is 11.3 Å². The van der Waals surface area contributed by atoms with E-state index in [1.165, 1.54) is 11.1 Å². The van der Waals surface area contributed by atoms with E-state index in [9.17, 15) is 4.79 Å². The van der Waals surface area contributed by atoms with Crippen LogP contribution in [0.2, 0.25) is 0 Å². The standard InChI is InChI=1S/C12H20N2OS/c1-3-4-11(13)5-12(15)14-6-10-8-16-7-9(10)2/h7-8,11H,3-6,13H2,1-2H3,(H,14,15). The van der Waals surface area contributed by atoms with Crippen LogP contribution in [0.5, 0.6) is 0 Å². The summed E-state index contributed by atoms with van der Waals surface area (Å²) in [6.45, 7) is 4.75. The van der Waals surface area contributed by atoms with Crippen LogP contribution in [-0.4, -0.2) is 11.9 Å². The number of nitrogens with two attached hydrogens (primary N) is 1. The van der Waals surface area contributed by atoms with Gasteiger partial charge in [-0.1, -0.05) is 13.3 Å². The molecule has 3 N–H and O–H groups in total. The predicted octanol–water partition coefficient (Wildman–Crippen LogP) is 2.19. The summed E-state index contributed by atoms with van der Waals surface area (Å²) in [6, 6.07) is -0.00595. The van der Waals surface area contributed by atoms with Crippen molar-refractivity contribution in [3.05, 3.63) is 21.9 Å². The van der Waals surface area contributed by atoms with Crippen LogP contribution in [0.1, 0.15) is 37.3 Å². The molecule has 4 heteroatoms. The van der Waals surface area contributed by atoms with E-state index >= 15 is 0 Å². The zero-order valence-electron chi connectivity index (χ0n) is 9.95. The average molecular weight is 240 g/mol. The molecular weight excluding hydrogens is 220 g/mol. The zero-order chi connectivity index (χ0) is 12.0. The van der Waals surface area contributed by atoms with Crippen LogP contribution in [0.3, 0.4) is 0 Å². The second-order valence-corrected chi connectivity index (χ2v) is 4.85. The fourth-order valence-electron chi connectivity index (χ4n) is 1.54. The number of carbonyl (C=O) groups excluding carboxylic acids is 1. The molecule has 0 saturated carbocycles. The minimum Gasteiger partial charge on any atom is -0.352 e. The SMILES string of the molecule is CCCC(N)CC(=O)NCc1cscc1C. The molecule has 0 radical (unpaired) electrons. The zero-order valence-corrected chi connectivity index (χ0v) is 10.8. The normalized spacial score (nSPS) is 12.4. The van der Waals surface area contributed by atoms with Crippen LogP contribution in [0, 0.1) is 6.92 Å². The quantitative estimate of drug-likeness (QED) is 0.801. The Morgan fingerprint density at radius 1 is 1.56 bits per heavy atom. The van der Waals surface area contributed by atoms with Crippen molar-refractivity contribution in [3.8, 4) is 0 Å². The van der Waals surface area contributed by atoms with Crippen molar-refractivity contribution in [3.63, 3.8) is 0 Å². The van der Waals surface area contributed by atoms with Gasteiger partial charge in [0.25, 0.3) is 0 Å². The Labute approximate surface area is 101 Å². The van der Waals surface area contributed by atoms with E-state index in [1.54, 1.807) is 11.3 Å². The smallest absolute Gasteiger partial charge is 0.221 e. The summed E-state index contributed by atoms with van der Waals surface area (Å²) in [6.07, 6.45) is 2.36. The monoisotopic (exact) mass is 240 g/mol. The molecule has 1 aromatic rings. The first kappa shape index (κ1) is 13.2. The van der Waals surface area contributed by atoms with Crippen molar-refractivity contribution < 1.29 is 4.79 Å². The van der Waals surface area contributed by atoms with Crippen LogP contribution in [-0.2, 0) is 11.3 Å². The molecule has 0 saturated heterocycles. The lowest BCUT2D eigenvalue weighted by atomic mass is 10.1. The van der Waals surface area contributed by atoms with E-state index in [2.05, 4.69) is 29.9 Å². The molecule has 0 bridgehead atoms. The third kappa shape index (κ3) is 4.33. The Hall–Kier alpha value is -0.870. The molecule has 1 aromatic heterocycles. The summed E-state index contributed by atoms with van der Waals surface area (Å²) in [5, 5.41) is 7.06. The molecule has 0 spiro atoms. The molecule has 90 valence electrons. The van der Waals surface area contributed by atoms with Crippen molar-refractivity contribution in [2.45, 2.75) is 45.7 Å². The maximum Gasteiger partial charge on any atom is 0.221 e. The van der Waals surface area contributed by atoms with Gasteiger partial charge in [0, 0.05) is 19.0 Å². The molecule has 0 aliphatic heterocycles. The average Bonchev–Trinajstić information content (AvgIpc) is 2.61. The summed E-state index contributed by atoms with van der Waals surface area (Å²) in [4.78, 5) is 11.5. The topological polar surface area (TPSA) is 55.1 Å². The number of thiophene rings is 1. The van der Waals surface area contributed by atoms with E-state index in [1.807, 2.05) is 0 Å². The van der Waals surface area contributed by atoms with Gasteiger partial charge in [0.05, 0.1) is 0 Å². The van der Waals surface area contributed by atoms with Crippen molar-refractivity contribution in [1.82, 2.24) is 5.32 Å². The number of hydrogen-bond donors (Lipinski definition) is 2. The second-order valence-electron chi connectivity index (χ2n) is 4.11. The van der Waals surface area contributed by atoms with Gasteiger partial charge in [0.2, 0.25) is 5.91 Å². The predicted molar refractivity (Wildman–Crippen MR) is 68.4 cm³/mol. The van der Waals surface area contributed by atoms with Crippen molar-refractivity contribution >= 4 is 17.2 Å². The number of amides is 1. The fourth-order valence-corrected chi connectivity index (χ4v) is 2.40. The summed E-state index contributed by atoms with van der Waals surface area (Å²) < 4.78 is 0. The third-order valence-corrected chi connectivity index (χ3v) is 3.45. The minimum absolute atomic E-state index is 0.00595. The lowest BCUT2D eigenvalue weighted by Gasteiger charge is -2.10. The lowest BCUT2D eigenvalue weighted by molar-refractivity contribution is -0.121. The van der Waals surface area contributed by atoms with Crippen LogP contribution < -0.4 is 11.1 Å². The van der Waals surface area contributed by atoms with Gasteiger partial charge in [0.1, 0.15) is 0 Å². The van der Waals surface area contributed by atoms with Gasteiger partial charge < -0.3 is 11.1 Å². The highest BCUT2D eigenvalue weighted by Gasteiger charge is 2.08. The highest BCUT2D eigenvalue weighted by atomic mass is 32.1. The molecule has 1 amide bonds. The molecule has 3 nitrogen and oxygen atoms in total. The summed E-state index contributed by atoms with van der Waals surface area (Å²) in [5.41, 5.74) is 8.24. The van der Waals surface area contributed by atoms with Gasteiger partial charge in [-0.15, -0.1) is 0 Å². The molecule has 0 aliphatic rings. The molecular formula is C12H20N2OS. The van der Waals surface area contributed by atoms with Crippen molar-refractivity contribution in [2.24, 2.45) is 5.73 Å². The first-order chi connectivity index (χ1) is 7.63. The number of rotatable bonds is 6. The first-order valence-corrected chi connectivity index (χ1v) is 6.61. The highest BCUT2D eigenvalue weighted by molar-refractivity contribution is 7.08. The summed E-state index contributed by atoms with van der Waals surface area (Å²) >= 11 is 1.66. The Morgan fingerprint density at radius 2 is 2.31 bits per heavy atom. The van der Waals surface area contributed by atoms with E-state index in [-0.39, 0.29) is 11.9 Å². The first-order valence-electron chi connectivity index (χ1n) is 5.67. The molecule has 0 aromatic carbocycles. The van der Waals surface area contributed by atoms with Gasteiger partial charge in [0.15, 0.2) is 0 Å². The molecule has 0 aliphatic carbocycles. The van der Waals surface area contributed by atoms with Crippen LogP contribution in [0.15, 0.2) is 10.8 Å². The van der Waals surface area contributed by atoms with Gasteiger partial charge in [-0.2, -0.15) is 11.3 Å². The Morgan fingerprint density at radius 3 is 2.88 bits per heavy atom. The van der Waals surface area contributed by atoms with Gasteiger partial charge >= 0.3 is 0 Å². The summed E-state index contributed by atoms with van der Waals surface area (Å²) in [5.74, 6) is 0.0477. The van der Waals surface area contributed by atoms with Crippen LogP contribution in [0.4, 0.5) is 0 Å². The molecule has 1 unspecified atom stereocenters. The van der Waals surface area contributed by atoms with E-state index in [0.29, 0.717) is 13.0 Å². The number of hydrogen-bond acceptors (Lipinski definition) is 3. The number of aryl methyl sites for hydroxylation is 1. The second kappa shape index (κ2) is 6.66. The maximum atomic E-state index is 11.5. The molecule has 1 heterocycles. The van der Waals surface area contributed by atoms with E-state index in [0.717, 1.165) is 12.8 Å². The Balaban J connectivity index is 2.28. The van der Waals surface area contributed by atoms with Crippen LogP contribution in [0.25, 0.3) is 0 Å². The molecule has 16 heavy (non-hydrogen) atoms. The summed E-state index contributed by atoms with van der Waals surface area (Å²) in [7, 11) is 0. The van der Waals surface area contributed by atoms with Gasteiger partial charge in [-0.3, -0.25) is 4.79 Å². The van der Waals surface area contributed by atoms with E-state index < -0.39 is 0 Å². The molecule has 1 atom stereocenters. The molecule has 1 rings (SSSR count). The maximum absolute atomic E-state index is 11.5. The number of nitrogens with one attached hydrogen (secondary N) is 1. The Kier molecular flexibility index (Phi) is 5.49. The van der Waals surface area contributed by atoms with Crippen molar-refractivity contribution in [2.75, 3.05) is 0 Å². The van der Waals surface area contributed by atoms with Gasteiger partial charge in [-0.05, 0) is 35.2 Å². The van der Waals surface area contributed by atoms with Gasteiger partial charge in [-0.25, -0.2) is 0 Å². The Bertz CT molecular complexity index is 336. The largest absolute Gasteiger partial charge is 0.352 e. The number of carbonyl (C=O) groups is 1. The minimum atomic E-state index is -0.00595. The third-order valence-electron chi connectivity index (χ3n) is 2.54. The lowest BCUT2D eigenvalue weighted by Crippen LogP contribution is -2.31. The van der Waals surface area contributed by atoms with E-state index in [4.69, 9.17) is 5.73 Å². The highest BCUT2D eigenvalue weighted by Crippen LogP contribution is 2.13. The van der Waals surface area contributed by atoms with Crippen molar-refractivity contribution in [1.29, 1.82) is 0 Å². The molecule has 0 fully saturated rings. The fraction of sp³-hybridized carbons (Fsp3) is 0.583.